The molecule has 8 nitrogen and oxygen atoms in total. The Bertz CT molecular complexity index is 1340. The first-order valence-electron chi connectivity index (χ1n) is 10.4. The number of benzene rings is 2. The molecule has 0 unspecified atom stereocenters. The smallest absolute Gasteiger partial charge is 0.260 e. The number of fused-ring (bicyclic) bond motifs is 1. The number of hydrogen-bond acceptors (Lipinski definition) is 7. The number of sulfone groups is 1. The molecule has 174 valence electrons. The van der Waals surface area contributed by atoms with Gasteiger partial charge in [-0.2, -0.15) is 0 Å². The van der Waals surface area contributed by atoms with Crippen molar-refractivity contribution >= 4 is 38.3 Å². The Morgan fingerprint density at radius 2 is 1.91 bits per heavy atom. The summed E-state index contributed by atoms with van der Waals surface area (Å²) in [6, 6.07) is 10.9. The molecule has 1 fully saturated rings. The van der Waals surface area contributed by atoms with E-state index in [1.165, 1.54) is 23.3 Å². The van der Waals surface area contributed by atoms with E-state index >= 15 is 0 Å². The van der Waals surface area contributed by atoms with Crippen molar-refractivity contribution in [3.8, 4) is 17.2 Å². The molecule has 1 atom stereocenters. The zero-order valence-corrected chi connectivity index (χ0v) is 19.4. The van der Waals surface area contributed by atoms with Crippen molar-refractivity contribution in [3.05, 3.63) is 64.0 Å². The molecule has 4 rings (SSSR count). The molecule has 0 saturated carbocycles. The van der Waals surface area contributed by atoms with Crippen molar-refractivity contribution in [1.29, 1.82) is 0 Å². The molecule has 0 N–H and O–H groups in total. The van der Waals surface area contributed by atoms with E-state index in [0.717, 1.165) is 0 Å². The van der Waals surface area contributed by atoms with Crippen LogP contribution < -0.4 is 14.9 Å². The van der Waals surface area contributed by atoms with Gasteiger partial charge in [0.05, 0.1) is 16.9 Å². The van der Waals surface area contributed by atoms with Gasteiger partial charge in [0.25, 0.3) is 5.91 Å². The maximum absolute atomic E-state index is 12.7. The van der Waals surface area contributed by atoms with Crippen LogP contribution in [0.2, 0.25) is 5.02 Å². The predicted octanol–water partition coefficient (Wildman–Crippen LogP) is 3.65. The van der Waals surface area contributed by atoms with Crippen molar-refractivity contribution in [2.75, 3.05) is 24.7 Å². The lowest BCUT2D eigenvalue weighted by Crippen LogP contribution is -2.43. The SMILES string of the molecule is CCN(C(=O)COc1ccc2c(=O)c(Oc3ccc(Cl)cc3)coc2c1)[C@@H]1CCS(=O)(=O)C1. The van der Waals surface area contributed by atoms with Gasteiger partial charge >= 0.3 is 0 Å². The summed E-state index contributed by atoms with van der Waals surface area (Å²) >= 11 is 5.86. The molecule has 1 amide bonds. The lowest BCUT2D eigenvalue weighted by molar-refractivity contribution is -0.135. The van der Waals surface area contributed by atoms with Crippen LogP contribution in [-0.4, -0.2) is 49.9 Å². The van der Waals surface area contributed by atoms with E-state index < -0.39 is 9.84 Å². The van der Waals surface area contributed by atoms with E-state index in [-0.39, 0.29) is 46.8 Å². The maximum Gasteiger partial charge on any atom is 0.260 e. The average molecular weight is 492 g/mol. The van der Waals surface area contributed by atoms with Gasteiger partial charge in [-0.15, -0.1) is 0 Å². The number of carbonyl (C=O) groups excluding carboxylic acids is 1. The third-order valence-corrected chi connectivity index (χ3v) is 7.43. The van der Waals surface area contributed by atoms with Crippen LogP contribution in [0.4, 0.5) is 0 Å². The monoisotopic (exact) mass is 491 g/mol. The van der Waals surface area contributed by atoms with Gasteiger partial charge < -0.3 is 18.8 Å². The Morgan fingerprint density at radius 1 is 1.18 bits per heavy atom. The fourth-order valence-corrected chi connectivity index (χ4v) is 5.62. The quantitative estimate of drug-likeness (QED) is 0.497. The summed E-state index contributed by atoms with van der Waals surface area (Å²) in [5, 5.41) is 0.848. The van der Waals surface area contributed by atoms with Crippen molar-refractivity contribution in [2.24, 2.45) is 0 Å². The number of nitrogens with zero attached hydrogens (tertiary/aromatic N) is 1. The van der Waals surface area contributed by atoms with E-state index in [0.29, 0.717) is 34.9 Å². The van der Waals surface area contributed by atoms with Gasteiger partial charge in [0.15, 0.2) is 16.4 Å². The minimum absolute atomic E-state index is 0.0197. The van der Waals surface area contributed by atoms with Gasteiger partial charge in [-0.05, 0) is 49.7 Å². The first-order valence-corrected chi connectivity index (χ1v) is 12.6. The minimum atomic E-state index is -3.10. The summed E-state index contributed by atoms with van der Waals surface area (Å²) in [7, 11) is -3.10. The minimum Gasteiger partial charge on any atom is -0.484 e. The van der Waals surface area contributed by atoms with Gasteiger partial charge in [0.1, 0.15) is 23.3 Å². The molecule has 0 aliphatic carbocycles. The highest BCUT2D eigenvalue weighted by molar-refractivity contribution is 7.91. The third-order valence-electron chi connectivity index (χ3n) is 5.43. The molecule has 0 bridgehead atoms. The van der Waals surface area contributed by atoms with E-state index in [2.05, 4.69) is 0 Å². The standard InChI is InChI=1S/C23H22ClNO7S/c1-2-25(16-9-10-33(28,29)14-16)22(26)13-30-18-7-8-19-20(11-18)31-12-21(23(19)27)32-17-5-3-15(24)4-6-17/h3-8,11-12,16H,2,9-10,13-14H2,1H3/t16-/m1/s1. The lowest BCUT2D eigenvalue weighted by atomic mass is 10.2. The number of hydrogen-bond donors (Lipinski definition) is 0. The number of halogens is 1. The van der Waals surface area contributed by atoms with Crippen LogP contribution in [0.1, 0.15) is 13.3 Å². The van der Waals surface area contributed by atoms with Gasteiger partial charge in [0.2, 0.25) is 11.2 Å². The van der Waals surface area contributed by atoms with E-state index in [9.17, 15) is 18.0 Å². The summed E-state index contributed by atoms with van der Waals surface area (Å²) < 4.78 is 40.2. The molecule has 1 aromatic heterocycles. The molecule has 1 aliphatic heterocycles. The molecule has 2 aromatic carbocycles. The van der Waals surface area contributed by atoms with E-state index in [4.69, 9.17) is 25.5 Å². The van der Waals surface area contributed by atoms with Crippen LogP contribution in [0, 0.1) is 0 Å². The topological polar surface area (TPSA) is 103 Å². The maximum atomic E-state index is 12.7. The Labute approximate surface area is 195 Å². The summed E-state index contributed by atoms with van der Waals surface area (Å²) in [6.45, 7) is 1.94. The van der Waals surface area contributed by atoms with Crippen molar-refractivity contribution < 1.29 is 27.1 Å². The van der Waals surface area contributed by atoms with Crippen LogP contribution in [-0.2, 0) is 14.6 Å². The number of carbonyl (C=O) groups is 1. The zero-order valence-electron chi connectivity index (χ0n) is 17.8. The number of rotatable bonds is 7. The molecular weight excluding hydrogens is 470 g/mol. The molecule has 33 heavy (non-hydrogen) atoms. The number of ether oxygens (including phenoxy) is 2. The van der Waals surface area contributed by atoms with E-state index in [1.54, 1.807) is 37.3 Å². The Morgan fingerprint density at radius 3 is 2.58 bits per heavy atom. The normalized spacial score (nSPS) is 17.1. The average Bonchev–Trinajstić information content (AvgIpc) is 3.15. The van der Waals surface area contributed by atoms with Crippen molar-refractivity contribution in [1.82, 2.24) is 4.90 Å². The third kappa shape index (κ3) is 5.31. The first kappa shape index (κ1) is 23.1. The Kier molecular flexibility index (Phi) is 6.62. The van der Waals surface area contributed by atoms with Crippen LogP contribution >= 0.6 is 11.6 Å². The van der Waals surface area contributed by atoms with Gasteiger partial charge in [-0.25, -0.2) is 8.42 Å². The summed E-state index contributed by atoms with van der Waals surface area (Å²) in [5.74, 6) is 0.594. The highest BCUT2D eigenvalue weighted by Crippen LogP contribution is 2.25. The lowest BCUT2D eigenvalue weighted by Gasteiger charge is -2.26. The van der Waals surface area contributed by atoms with E-state index in [1.807, 2.05) is 0 Å². The van der Waals surface area contributed by atoms with Crippen LogP contribution in [0.3, 0.4) is 0 Å². The molecule has 1 saturated heterocycles. The second-order valence-corrected chi connectivity index (χ2v) is 10.3. The fourth-order valence-electron chi connectivity index (χ4n) is 3.77. The second kappa shape index (κ2) is 9.44. The Hall–Kier alpha value is -3.04. The predicted molar refractivity (Wildman–Crippen MR) is 124 cm³/mol. The first-order chi connectivity index (χ1) is 15.8. The zero-order chi connectivity index (χ0) is 23.6. The molecule has 2 heterocycles. The van der Waals surface area contributed by atoms with Crippen molar-refractivity contribution in [2.45, 2.75) is 19.4 Å². The summed E-state index contributed by atoms with van der Waals surface area (Å²) in [5.41, 5.74) is -0.0731. The molecular formula is C23H22ClNO7S. The Balaban J connectivity index is 1.45. The largest absolute Gasteiger partial charge is 0.484 e. The summed E-state index contributed by atoms with van der Waals surface area (Å²) in [4.78, 5) is 26.9. The number of likely N-dealkylation sites (N-methyl/N-ethyl adjacent to an activating group) is 1. The van der Waals surface area contributed by atoms with Crippen LogP contribution in [0.25, 0.3) is 11.0 Å². The number of amides is 1. The molecule has 10 heteroatoms. The molecule has 0 radical (unpaired) electrons. The molecule has 3 aromatic rings. The highest BCUT2D eigenvalue weighted by Gasteiger charge is 2.34. The van der Waals surface area contributed by atoms with Gasteiger partial charge in [-0.1, -0.05) is 11.6 Å². The summed E-state index contributed by atoms with van der Waals surface area (Å²) in [6.07, 6.45) is 1.65. The molecule has 1 aliphatic rings. The van der Waals surface area contributed by atoms with Crippen LogP contribution in [0.15, 0.2) is 57.9 Å². The second-order valence-electron chi connectivity index (χ2n) is 7.67. The fraction of sp³-hybridized carbons (Fsp3) is 0.304. The molecule has 0 spiro atoms. The van der Waals surface area contributed by atoms with Gasteiger partial charge in [0, 0.05) is 23.7 Å². The van der Waals surface area contributed by atoms with Crippen molar-refractivity contribution in [3.63, 3.8) is 0 Å². The highest BCUT2D eigenvalue weighted by atomic mass is 35.5. The van der Waals surface area contributed by atoms with Crippen LogP contribution in [0.5, 0.6) is 17.2 Å². The van der Waals surface area contributed by atoms with Gasteiger partial charge in [-0.3, -0.25) is 9.59 Å².